The smallest absolute Gasteiger partial charge is 0.404 e. The molecule has 1 N–H and O–H groups in total. The Hall–Kier alpha value is -3.48. The highest BCUT2D eigenvalue weighted by atomic mass is 35.5. The van der Waals surface area contributed by atoms with Gasteiger partial charge in [0.15, 0.2) is 0 Å². The molecular formula is C34H34ClF3N4O4S. The molecule has 1 spiro atoms. The maximum absolute atomic E-state index is 14.0. The SMILES string of the molecule is Cc1cc(-c2cc(Cl)ccc2OCCn2c(C)nc3c(c2=O)C[C@H](N2CCCC[C@@H]2C(F)(F)F)CC32CC2)c2scc(C(=O)O)c2n1. The molecule has 2 atom stereocenters. The summed E-state index contributed by atoms with van der Waals surface area (Å²) in [7, 11) is 0. The molecule has 0 radical (unpaired) electrons. The Labute approximate surface area is 278 Å². The van der Waals surface area contributed by atoms with E-state index in [1.807, 2.05) is 6.07 Å². The first-order valence-corrected chi connectivity index (χ1v) is 17.1. The summed E-state index contributed by atoms with van der Waals surface area (Å²) in [6.07, 6.45) is -0.401. The van der Waals surface area contributed by atoms with Crippen molar-refractivity contribution in [1.29, 1.82) is 0 Å². The fourth-order valence-electron chi connectivity index (χ4n) is 7.59. The lowest BCUT2D eigenvalue weighted by atomic mass is 9.79. The van der Waals surface area contributed by atoms with E-state index in [0.717, 1.165) is 30.5 Å². The maximum Gasteiger partial charge on any atom is 0.404 e. The van der Waals surface area contributed by atoms with Gasteiger partial charge in [-0.2, -0.15) is 13.2 Å². The number of hydrogen-bond donors (Lipinski definition) is 1. The highest BCUT2D eigenvalue weighted by molar-refractivity contribution is 7.18. The molecule has 0 unspecified atom stereocenters. The van der Waals surface area contributed by atoms with Gasteiger partial charge in [0.25, 0.3) is 5.56 Å². The summed E-state index contributed by atoms with van der Waals surface area (Å²) in [5.74, 6) is -0.00311. The predicted molar refractivity (Wildman–Crippen MR) is 174 cm³/mol. The van der Waals surface area contributed by atoms with Gasteiger partial charge in [-0.3, -0.25) is 19.2 Å². The lowest BCUT2D eigenvalue weighted by Crippen LogP contribution is -2.56. The van der Waals surface area contributed by atoms with Crippen molar-refractivity contribution in [1.82, 2.24) is 19.4 Å². The monoisotopic (exact) mass is 686 g/mol. The van der Waals surface area contributed by atoms with Gasteiger partial charge in [0, 0.05) is 44.2 Å². The molecule has 4 heterocycles. The van der Waals surface area contributed by atoms with Gasteiger partial charge < -0.3 is 9.84 Å². The summed E-state index contributed by atoms with van der Waals surface area (Å²) in [5, 5.41) is 11.7. The van der Waals surface area contributed by atoms with Gasteiger partial charge >= 0.3 is 12.1 Å². The Balaban J connectivity index is 1.17. The Kier molecular flexibility index (Phi) is 8.12. The third-order valence-corrected chi connectivity index (χ3v) is 11.2. The number of pyridine rings is 1. The molecule has 1 aliphatic heterocycles. The summed E-state index contributed by atoms with van der Waals surface area (Å²) < 4.78 is 50.7. The molecule has 3 aromatic heterocycles. The van der Waals surface area contributed by atoms with E-state index in [1.54, 1.807) is 46.9 Å². The molecule has 2 aliphatic carbocycles. The van der Waals surface area contributed by atoms with Crippen LogP contribution in [0.3, 0.4) is 0 Å². The average molecular weight is 687 g/mol. The van der Waals surface area contributed by atoms with Gasteiger partial charge in [-0.25, -0.2) is 9.78 Å². The number of hydrogen-bond acceptors (Lipinski definition) is 7. The molecule has 47 heavy (non-hydrogen) atoms. The Morgan fingerprint density at radius 1 is 1.17 bits per heavy atom. The standard InChI is InChI=1S/C34H34ClF3N4O4S/c1-18-13-23(29-28(39-18)25(17-47-29)32(44)45)22-14-20(35)6-7-26(22)46-12-11-41-19(2)40-30-24(31(41)43)15-21(16-33(30)8-9-33)42-10-4-3-5-27(42)34(36,37)38/h6-7,13-14,17,21,27H,3-5,8-12,15-16H2,1-2H3,(H,44,45)/t21-,27+/m0/s1. The minimum Gasteiger partial charge on any atom is -0.491 e. The maximum atomic E-state index is 14.0. The summed E-state index contributed by atoms with van der Waals surface area (Å²) in [4.78, 5) is 36.8. The summed E-state index contributed by atoms with van der Waals surface area (Å²) >= 11 is 7.68. The van der Waals surface area contributed by atoms with E-state index in [-0.39, 0.29) is 48.6 Å². The molecule has 248 valence electrons. The van der Waals surface area contributed by atoms with Crippen LogP contribution in [0.4, 0.5) is 13.2 Å². The molecule has 7 rings (SSSR count). The van der Waals surface area contributed by atoms with Crippen molar-refractivity contribution < 1.29 is 27.8 Å². The first kappa shape index (κ1) is 32.1. The number of ether oxygens (including phenoxy) is 1. The van der Waals surface area contributed by atoms with Gasteiger partial charge in [-0.1, -0.05) is 18.0 Å². The van der Waals surface area contributed by atoms with E-state index < -0.39 is 18.2 Å². The van der Waals surface area contributed by atoms with Crippen molar-refractivity contribution in [3.63, 3.8) is 0 Å². The van der Waals surface area contributed by atoms with Crippen LogP contribution in [0.1, 0.15) is 71.7 Å². The number of fused-ring (bicyclic) bond motifs is 3. The summed E-state index contributed by atoms with van der Waals surface area (Å²) in [6, 6.07) is 5.23. The Morgan fingerprint density at radius 3 is 2.68 bits per heavy atom. The molecule has 3 aliphatic rings. The lowest BCUT2D eigenvalue weighted by molar-refractivity contribution is -0.198. The molecule has 1 saturated carbocycles. The number of carbonyl (C=O) groups is 1. The third kappa shape index (κ3) is 5.82. The molecular weight excluding hydrogens is 653 g/mol. The number of aryl methyl sites for hydroxylation is 2. The van der Waals surface area contributed by atoms with E-state index in [1.165, 1.54) is 11.3 Å². The quantitative estimate of drug-likeness (QED) is 0.217. The van der Waals surface area contributed by atoms with Crippen LogP contribution in [0.25, 0.3) is 21.3 Å². The summed E-state index contributed by atoms with van der Waals surface area (Å²) in [6.45, 7) is 4.27. The zero-order valence-electron chi connectivity index (χ0n) is 26.0. The number of likely N-dealkylation sites (tertiary alicyclic amines) is 1. The van der Waals surface area contributed by atoms with Crippen molar-refractivity contribution in [3.05, 3.63) is 73.4 Å². The van der Waals surface area contributed by atoms with Gasteiger partial charge in [0.05, 0.1) is 28.0 Å². The predicted octanol–water partition coefficient (Wildman–Crippen LogP) is 7.33. The first-order valence-electron chi connectivity index (χ1n) is 15.8. The fourth-order valence-corrected chi connectivity index (χ4v) is 8.77. The van der Waals surface area contributed by atoms with Crippen molar-refractivity contribution in [2.45, 2.75) is 89.0 Å². The normalized spacial score (nSPS) is 20.8. The van der Waals surface area contributed by atoms with Gasteiger partial charge in [0.1, 0.15) is 24.2 Å². The molecule has 2 fully saturated rings. The fraction of sp³-hybridized carbons (Fsp3) is 0.471. The average Bonchev–Trinajstić information content (AvgIpc) is 3.65. The number of thiophene rings is 1. The second-order valence-electron chi connectivity index (χ2n) is 13.0. The molecule has 8 nitrogen and oxygen atoms in total. The van der Waals surface area contributed by atoms with Gasteiger partial charge in [0.2, 0.25) is 0 Å². The lowest BCUT2D eigenvalue weighted by Gasteiger charge is -2.45. The van der Waals surface area contributed by atoms with Gasteiger partial charge in [-0.05, 0) is 83.2 Å². The van der Waals surface area contributed by atoms with E-state index in [9.17, 15) is 27.9 Å². The zero-order valence-corrected chi connectivity index (χ0v) is 27.6. The van der Waals surface area contributed by atoms with Crippen molar-refractivity contribution in [2.24, 2.45) is 0 Å². The van der Waals surface area contributed by atoms with E-state index in [0.29, 0.717) is 63.0 Å². The highest BCUT2D eigenvalue weighted by Gasteiger charge is 2.55. The Bertz CT molecular complexity index is 1950. The van der Waals surface area contributed by atoms with Gasteiger partial charge in [-0.15, -0.1) is 11.3 Å². The van der Waals surface area contributed by atoms with Crippen LogP contribution in [0.15, 0.2) is 34.4 Å². The molecule has 13 heteroatoms. The van der Waals surface area contributed by atoms with Crippen LogP contribution in [-0.4, -0.2) is 61.9 Å². The van der Waals surface area contributed by atoms with Crippen molar-refractivity contribution in [3.8, 4) is 16.9 Å². The van der Waals surface area contributed by atoms with Crippen molar-refractivity contribution >= 4 is 39.1 Å². The highest BCUT2D eigenvalue weighted by Crippen LogP contribution is 2.55. The number of carboxylic acid groups (broad SMARTS) is 1. The number of aromatic nitrogens is 3. The first-order chi connectivity index (χ1) is 22.4. The number of benzene rings is 1. The third-order valence-electron chi connectivity index (χ3n) is 9.95. The van der Waals surface area contributed by atoms with Crippen LogP contribution in [0, 0.1) is 13.8 Å². The van der Waals surface area contributed by atoms with E-state index >= 15 is 0 Å². The number of rotatable bonds is 7. The summed E-state index contributed by atoms with van der Waals surface area (Å²) in [5.41, 5.74) is 3.32. The molecule has 1 aromatic carbocycles. The largest absolute Gasteiger partial charge is 0.491 e. The molecule has 0 amide bonds. The Morgan fingerprint density at radius 2 is 1.96 bits per heavy atom. The minimum absolute atomic E-state index is 0.0953. The van der Waals surface area contributed by atoms with Crippen LogP contribution in [-0.2, 0) is 18.4 Å². The van der Waals surface area contributed by atoms with Crippen LogP contribution >= 0.6 is 22.9 Å². The molecule has 1 saturated heterocycles. The zero-order chi connectivity index (χ0) is 33.2. The minimum atomic E-state index is -4.30. The number of carboxylic acids is 1. The number of halogens is 4. The second-order valence-corrected chi connectivity index (χ2v) is 14.3. The topological polar surface area (TPSA) is 97.6 Å². The van der Waals surface area contributed by atoms with Crippen molar-refractivity contribution in [2.75, 3.05) is 13.2 Å². The number of nitrogens with zero attached hydrogens (tertiary/aromatic N) is 4. The van der Waals surface area contributed by atoms with Crippen LogP contribution in [0.5, 0.6) is 5.75 Å². The van der Waals surface area contributed by atoms with Crippen LogP contribution in [0.2, 0.25) is 5.02 Å². The number of aromatic carboxylic acids is 1. The number of alkyl halides is 3. The number of piperidine rings is 1. The van der Waals surface area contributed by atoms with E-state index in [4.69, 9.17) is 21.3 Å². The second kappa shape index (κ2) is 11.9. The van der Waals surface area contributed by atoms with Crippen LogP contribution < -0.4 is 10.3 Å². The molecule has 0 bridgehead atoms. The molecule has 4 aromatic rings. The van der Waals surface area contributed by atoms with E-state index in [2.05, 4.69) is 4.98 Å².